The summed E-state index contributed by atoms with van der Waals surface area (Å²) < 4.78 is 0. The first-order valence-electron chi connectivity index (χ1n) is 9.78. The van der Waals surface area contributed by atoms with E-state index in [1.807, 2.05) is 6.20 Å². The molecule has 0 amide bonds. The molecule has 0 fully saturated rings. The van der Waals surface area contributed by atoms with Crippen molar-refractivity contribution in [2.45, 2.75) is 26.2 Å². The van der Waals surface area contributed by atoms with E-state index in [1.54, 1.807) is 0 Å². The Bertz CT molecular complexity index is 1300. The van der Waals surface area contributed by atoms with Gasteiger partial charge in [-0.1, -0.05) is 48.5 Å². The highest BCUT2D eigenvalue weighted by molar-refractivity contribution is 5.94. The average molecular weight is 360 g/mol. The molecule has 2 aliphatic carbocycles. The summed E-state index contributed by atoms with van der Waals surface area (Å²) in [6.07, 6.45) is 1.91. The molecule has 0 saturated heterocycles. The number of fused-ring (bicyclic) bond motifs is 10. The maximum absolute atomic E-state index is 5.02. The standard InChI is InChI=1S/C26H20N2/c1-15-7-4-9-18-22(15)24-20(11-6-14-27-24)26(18)19-10-5-8-16(2)23(19)25-21(26)13-12-17(3)28-25/h4-14H,1-3H3. The van der Waals surface area contributed by atoms with E-state index in [9.17, 15) is 0 Å². The van der Waals surface area contributed by atoms with E-state index in [4.69, 9.17) is 9.97 Å². The highest BCUT2D eigenvalue weighted by Gasteiger charge is 2.53. The van der Waals surface area contributed by atoms with Crippen LogP contribution in [0.15, 0.2) is 66.9 Å². The molecule has 1 unspecified atom stereocenters. The van der Waals surface area contributed by atoms with Gasteiger partial charge in [0.2, 0.25) is 0 Å². The van der Waals surface area contributed by atoms with Crippen LogP contribution < -0.4 is 0 Å². The van der Waals surface area contributed by atoms with E-state index < -0.39 is 0 Å². The third kappa shape index (κ3) is 1.65. The zero-order chi connectivity index (χ0) is 19.0. The summed E-state index contributed by atoms with van der Waals surface area (Å²) >= 11 is 0. The molecule has 0 bridgehead atoms. The van der Waals surface area contributed by atoms with E-state index in [2.05, 4.69) is 81.4 Å². The Morgan fingerprint density at radius 2 is 1.21 bits per heavy atom. The van der Waals surface area contributed by atoms with Crippen molar-refractivity contribution in [3.05, 3.63) is 106 Å². The van der Waals surface area contributed by atoms with Crippen LogP contribution in [-0.2, 0) is 5.41 Å². The molecule has 0 aliphatic heterocycles. The number of pyridine rings is 2. The van der Waals surface area contributed by atoms with Crippen LogP contribution >= 0.6 is 0 Å². The molecule has 6 rings (SSSR count). The smallest absolute Gasteiger partial charge is 0.0759 e. The van der Waals surface area contributed by atoms with Gasteiger partial charge in [0, 0.05) is 23.0 Å². The summed E-state index contributed by atoms with van der Waals surface area (Å²) in [5.74, 6) is 0. The molecular formula is C26H20N2. The maximum atomic E-state index is 5.02. The van der Waals surface area contributed by atoms with Crippen molar-refractivity contribution in [1.82, 2.24) is 9.97 Å². The van der Waals surface area contributed by atoms with Gasteiger partial charge in [0.25, 0.3) is 0 Å². The van der Waals surface area contributed by atoms with Gasteiger partial charge in [-0.2, -0.15) is 0 Å². The summed E-state index contributed by atoms with van der Waals surface area (Å²) in [5, 5.41) is 0. The van der Waals surface area contributed by atoms with Gasteiger partial charge in [-0.3, -0.25) is 9.97 Å². The number of rotatable bonds is 0. The lowest BCUT2D eigenvalue weighted by molar-refractivity contribution is 0.787. The summed E-state index contributed by atoms with van der Waals surface area (Å²) in [7, 11) is 0. The molecule has 28 heavy (non-hydrogen) atoms. The minimum Gasteiger partial charge on any atom is -0.256 e. The Labute approximate surface area is 164 Å². The molecule has 2 aliphatic rings. The van der Waals surface area contributed by atoms with Gasteiger partial charge in [0.1, 0.15) is 0 Å². The van der Waals surface area contributed by atoms with Crippen molar-refractivity contribution in [2.75, 3.05) is 0 Å². The molecule has 1 atom stereocenters. The first-order chi connectivity index (χ1) is 13.6. The Morgan fingerprint density at radius 3 is 1.93 bits per heavy atom. The molecular weight excluding hydrogens is 340 g/mol. The van der Waals surface area contributed by atoms with Gasteiger partial charge >= 0.3 is 0 Å². The van der Waals surface area contributed by atoms with Crippen LogP contribution in [0.2, 0.25) is 0 Å². The molecule has 2 nitrogen and oxygen atoms in total. The topological polar surface area (TPSA) is 25.8 Å². The molecule has 1 spiro atoms. The Balaban J connectivity index is 1.89. The SMILES string of the molecule is Cc1ccc2c(n1)-c1c(C)cccc1C21c2cccnc2-c2c(C)cccc21. The fourth-order valence-electron chi connectivity index (χ4n) is 5.42. The molecule has 2 heterocycles. The number of hydrogen-bond donors (Lipinski definition) is 0. The number of benzene rings is 2. The molecule has 0 N–H and O–H groups in total. The highest BCUT2D eigenvalue weighted by Crippen LogP contribution is 2.62. The predicted octanol–water partition coefficient (Wildman–Crippen LogP) is 5.75. The Hall–Kier alpha value is -3.26. The second-order valence-corrected chi connectivity index (χ2v) is 7.99. The van der Waals surface area contributed by atoms with Crippen LogP contribution in [0.1, 0.15) is 39.1 Å². The predicted molar refractivity (Wildman–Crippen MR) is 113 cm³/mol. The number of hydrogen-bond acceptors (Lipinski definition) is 2. The van der Waals surface area contributed by atoms with Crippen LogP contribution in [0.5, 0.6) is 0 Å². The van der Waals surface area contributed by atoms with Crippen molar-refractivity contribution in [3.8, 4) is 22.5 Å². The number of aromatic nitrogens is 2. The maximum Gasteiger partial charge on any atom is 0.0759 e. The van der Waals surface area contributed by atoms with Crippen LogP contribution in [0.25, 0.3) is 22.5 Å². The van der Waals surface area contributed by atoms with Crippen LogP contribution in [0.4, 0.5) is 0 Å². The molecule has 2 aromatic carbocycles. The minimum atomic E-state index is -0.331. The molecule has 2 aromatic heterocycles. The summed E-state index contributed by atoms with van der Waals surface area (Å²) in [6, 6.07) is 22.1. The van der Waals surface area contributed by atoms with Crippen LogP contribution in [0.3, 0.4) is 0 Å². The van der Waals surface area contributed by atoms with Crippen LogP contribution in [0, 0.1) is 20.8 Å². The van der Waals surface area contributed by atoms with Crippen molar-refractivity contribution < 1.29 is 0 Å². The zero-order valence-corrected chi connectivity index (χ0v) is 16.2. The lowest BCUT2D eigenvalue weighted by Crippen LogP contribution is -2.26. The number of aryl methyl sites for hydroxylation is 3. The normalized spacial score (nSPS) is 18.0. The second-order valence-electron chi connectivity index (χ2n) is 7.99. The summed E-state index contributed by atoms with van der Waals surface area (Å²) in [5.41, 5.74) is 13.3. The summed E-state index contributed by atoms with van der Waals surface area (Å²) in [4.78, 5) is 9.87. The van der Waals surface area contributed by atoms with Crippen molar-refractivity contribution in [2.24, 2.45) is 0 Å². The van der Waals surface area contributed by atoms with E-state index >= 15 is 0 Å². The minimum absolute atomic E-state index is 0.331. The first-order valence-corrected chi connectivity index (χ1v) is 9.78. The Morgan fingerprint density at radius 1 is 0.607 bits per heavy atom. The monoisotopic (exact) mass is 360 g/mol. The third-order valence-electron chi connectivity index (χ3n) is 6.48. The molecule has 4 aromatic rings. The van der Waals surface area contributed by atoms with Crippen molar-refractivity contribution >= 4 is 0 Å². The van der Waals surface area contributed by atoms with Crippen molar-refractivity contribution in [3.63, 3.8) is 0 Å². The lowest BCUT2D eigenvalue weighted by atomic mass is 9.71. The first kappa shape index (κ1) is 15.8. The van der Waals surface area contributed by atoms with Crippen LogP contribution in [-0.4, -0.2) is 9.97 Å². The fourth-order valence-corrected chi connectivity index (χ4v) is 5.42. The largest absolute Gasteiger partial charge is 0.256 e. The molecule has 0 saturated carbocycles. The molecule has 2 heteroatoms. The van der Waals surface area contributed by atoms with E-state index in [1.165, 1.54) is 44.5 Å². The average Bonchev–Trinajstić information content (AvgIpc) is 3.16. The van der Waals surface area contributed by atoms with Crippen molar-refractivity contribution in [1.29, 1.82) is 0 Å². The lowest BCUT2D eigenvalue weighted by Gasteiger charge is -2.30. The second kappa shape index (κ2) is 5.17. The third-order valence-corrected chi connectivity index (χ3v) is 6.48. The number of nitrogens with zero attached hydrogens (tertiary/aromatic N) is 2. The zero-order valence-electron chi connectivity index (χ0n) is 16.2. The molecule has 134 valence electrons. The van der Waals surface area contributed by atoms with E-state index in [-0.39, 0.29) is 5.41 Å². The van der Waals surface area contributed by atoms with Gasteiger partial charge in [0.15, 0.2) is 0 Å². The van der Waals surface area contributed by atoms with Gasteiger partial charge < -0.3 is 0 Å². The highest BCUT2D eigenvalue weighted by atomic mass is 14.8. The van der Waals surface area contributed by atoms with Gasteiger partial charge in [-0.25, -0.2) is 0 Å². The Kier molecular flexibility index (Phi) is 2.91. The van der Waals surface area contributed by atoms with Gasteiger partial charge in [0.05, 0.1) is 16.8 Å². The van der Waals surface area contributed by atoms with E-state index in [0.29, 0.717) is 0 Å². The quantitative estimate of drug-likeness (QED) is 0.345. The van der Waals surface area contributed by atoms with Gasteiger partial charge in [-0.15, -0.1) is 0 Å². The van der Waals surface area contributed by atoms with E-state index in [0.717, 1.165) is 17.1 Å². The summed E-state index contributed by atoms with van der Waals surface area (Å²) in [6.45, 7) is 6.46. The fraction of sp³-hybridized carbons (Fsp3) is 0.154. The molecule has 0 radical (unpaired) electrons. The van der Waals surface area contributed by atoms with Gasteiger partial charge in [-0.05, 0) is 66.3 Å².